The molecule has 4 nitrogen and oxygen atoms in total. The van der Waals surface area contributed by atoms with Gasteiger partial charge in [-0.3, -0.25) is 4.98 Å². The first kappa shape index (κ1) is 10.9. The van der Waals surface area contributed by atoms with Crippen molar-refractivity contribution in [2.75, 3.05) is 0 Å². The number of carboxylic acids is 1. The second kappa shape index (κ2) is 4.49. The third-order valence-corrected chi connectivity index (χ3v) is 3.04. The van der Waals surface area contributed by atoms with Crippen LogP contribution in [-0.4, -0.2) is 21.2 Å². The molecule has 0 unspecified atom stereocenters. The van der Waals surface area contributed by atoms with Crippen LogP contribution in [0.4, 0.5) is 0 Å². The van der Waals surface area contributed by atoms with Crippen LogP contribution in [0.25, 0.3) is 11.0 Å². The normalized spacial score (nSPS) is 12.6. The lowest BCUT2D eigenvalue weighted by Gasteiger charge is -2.10. The molecule has 0 fully saturated rings. The van der Waals surface area contributed by atoms with Crippen molar-refractivity contribution in [2.45, 2.75) is 17.2 Å². The molecule has 0 amide bonds. The zero-order valence-electron chi connectivity index (χ0n) is 8.58. The standard InChI is InChI=1S/C11H10N2O2S/c1-7(11(14)15)16-10-6-12-8-4-2-3-5-9(8)13-10/h2-7H,1H3,(H,14,15)/p-1/t7-/m0/s1. The van der Waals surface area contributed by atoms with Crippen molar-refractivity contribution in [1.82, 2.24) is 9.97 Å². The summed E-state index contributed by atoms with van der Waals surface area (Å²) in [7, 11) is 0. The van der Waals surface area contributed by atoms with Crippen LogP contribution in [0, 0.1) is 0 Å². The van der Waals surface area contributed by atoms with Gasteiger partial charge in [0.2, 0.25) is 0 Å². The fourth-order valence-corrected chi connectivity index (χ4v) is 1.95. The zero-order chi connectivity index (χ0) is 11.5. The van der Waals surface area contributed by atoms with E-state index < -0.39 is 11.2 Å². The lowest BCUT2D eigenvalue weighted by molar-refractivity contribution is -0.304. The molecular formula is C11H9N2O2S-. The number of fused-ring (bicyclic) bond motifs is 1. The van der Waals surface area contributed by atoms with E-state index in [0.29, 0.717) is 5.03 Å². The number of para-hydroxylation sites is 2. The summed E-state index contributed by atoms with van der Waals surface area (Å²) < 4.78 is 0. The molecule has 0 saturated carbocycles. The van der Waals surface area contributed by atoms with Crippen LogP contribution < -0.4 is 5.11 Å². The van der Waals surface area contributed by atoms with Gasteiger partial charge in [-0.25, -0.2) is 4.98 Å². The molecule has 2 rings (SSSR count). The SMILES string of the molecule is C[C@H](Sc1cnc2ccccc2n1)C(=O)[O-]. The number of aromatic nitrogens is 2. The molecule has 82 valence electrons. The average molecular weight is 233 g/mol. The maximum atomic E-state index is 10.6. The van der Waals surface area contributed by atoms with Gasteiger partial charge in [-0.15, -0.1) is 0 Å². The number of carbonyl (C=O) groups is 1. The van der Waals surface area contributed by atoms with Crippen LogP contribution >= 0.6 is 11.8 Å². The van der Waals surface area contributed by atoms with Crippen LogP contribution in [0.2, 0.25) is 0 Å². The molecule has 5 heteroatoms. The Kier molecular flexibility index (Phi) is 3.05. The largest absolute Gasteiger partial charge is 0.549 e. The molecule has 0 aliphatic heterocycles. The van der Waals surface area contributed by atoms with Gasteiger partial charge in [0.05, 0.1) is 23.2 Å². The van der Waals surface area contributed by atoms with E-state index in [0.717, 1.165) is 22.8 Å². The lowest BCUT2D eigenvalue weighted by atomic mass is 10.3. The minimum Gasteiger partial charge on any atom is -0.549 e. The molecule has 1 aromatic heterocycles. The van der Waals surface area contributed by atoms with Crippen molar-refractivity contribution in [3.05, 3.63) is 30.5 Å². The minimum absolute atomic E-state index is 0.593. The highest BCUT2D eigenvalue weighted by Gasteiger charge is 2.07. The van der Waals surface area contributed by atoms with E-state index in [-0.39, 0.29) is 0 Å². The lowest BCUT2D eigenvalue weighted by Crippen LogP contribution is -2.31. The predicted molar refractivity (Wildman–Crippen MR) is 59.9 cm³/mol. The van der Waals surface area contributed by atoms with Gasteiger partial charge in [0, 0.05) is 5.25 Å². The van der Waals surface area contributed by atoms with Gasteiger partial charge >= 0.3 is 0 Å². The summed E-state index contributed by atoms with van der Waals surface area (Å²) in [6.07, 6.45) is 1.58. The highest BCUT2D eigenvalue weighted by Crippen LogP contribution is 2.21. The summed E-state index contributed by atoms with van der Waals surface area (Å²) in [6.45, 7) is 1.57. The summed E-state index contributed by atoms with van der Waals surface area (Å²) >= 11 is 1.13. The molecule has 1 heterocycles. The molecule has 1 atom stereocenters. The van der Waals surface area contributed by atoms with Gasteiger partial charge in [-0.05, 0) is 19.1 Å². The van der Waals surface area contributed by atoms with E-state index in [1.54, 1.807) is 13.1 Å². The van der Waals surface area contributed by atoms with Crippen LogP contribution in [0.1, 0.15) is 6.92 Å². The number of nitrogens with zero attached hydrogens (tertiary/aromatic N) is 2. The fourth-order valence-electron chi connectivity index (χ4n) is 1.23. The van der Waals surface area contributed by atoms with Gasteiger partial charge in [0.25, 0.3) is 0 Å². The van der Waals surface area contributed by atoms with Crippen LogP contribution in [0.5, 0.6) is 0 Å². The maximum Gasteiger partial charge on any atom is 0.116 e. The van der Waals surface area contributed by atoms with Gasteiger partial charge in [0.1, 0.15) is 5.03 Å². The van der Waals surface area contributed by atoms with E-state index >= 15 is 0 Å². The van der Waals surface area contributed by atoms with Gasteiger partial charge < -0.3 is 9.90 Å². The number of carboxylic acid groups (broad SMARTS) is 1. The molecule has 0 bridgehead atoms. The Morgan fingerprint density at radius 1 is 1.38 bits per heavy atom. The minimum atomic E-state index is -1.10. The Morgan fingerprint density at radius 2 is 2.06 bits per heavy atom. The van der Waals surface area contributed by atoms with Crippen molar-refractivity contribution >= 4 is 28.8 Å². The molecule has 0 saturated heterocycles. The van der Waals surface area contributed by atoms with Crippen molar-refractivity contribution in [2.24, 2.45) is 0 Å². The first-order valence-electron chi connectivity index (χ1n) is 4.76. The Morgan fingerprint density at radius 3 is 2.75 bits per heavy atom. The van der Waals surface area contributed by atoms with Crippen molar-refractivity contribution in [1.29, 1.82) is 0 Å². The van der Waals surface area contributed by atoms with Crippen molar-refractivity contribution in [3.8, 4) is 0 Å². The summed E-state index contributed by atoms with van der Waals surface area (Å²) in [5.41, 5.74) is 1.56. The van der Waals surface area contributed by atoms with E-state index in [1.165, 1.54) is 0 Å². The Labute approximate surface area is 96.7 Å². The number of carbonyl (C=O) groups excluding carboxylic acids is 1. The highest BCUT2D eigenvalue weighted by atomic mass is 32.2. The summed E-state index contributed by atoms with van der Waals surface area (Å²) in [5.74, 6) is -1.10. The third kappa shape index (κ3) is 2.30. The van der Waals surface area contributed by atoms with Gasteiger partial charge in [-0.1, -0.05) is 23.9 Å². The summed E-state index contributed by atoms with van der Waals surface area (Å²) in [4.78, 5) is 19.1. The van der Waals surface area contributed by atoms with Crippen molar-refractivity contribution in [3.63, 3.8) is 0 Å². The maximum absolute atomic E-state index is 10.6. The molecular weight excluding hydrogens is 224 g/mol. The third-order valence-electron chi connectivity index (χ3n) is 2.06. The number of benzene rings is 1. The zero-order valence-corrected chi connectivity index (χ0v) is 9.40. The van der Waals surface area contributed by atoms with Gasteiger partial charge in [-0.2, -0.15) is 0 Å². The molecule has 0 spiro atoms. The van der Waals surface area contributed by atoms with Crippen LogP contribution in [-0.2, 0) is 4.79 Å². The average Bonchev–Trinajstić information content (AvgIpc) is 2.28. The highest BCUT2D eigenvalue weighted by molar-refractivity contribution is 8.00. The number of aliphatic carboxylic acids is 1. The molecule has 0 N–H and O–H groups in total. The summed E-state index contributed by atoms with van der Waals surface area (Å²) in [6, 6.07) is 7.45. The Bertz CT molecular complexity index is 530. The molecule has 2 aromatic rings. The first-order valence-corrected chi connectivity index (χ1v) is 5.64. The first-order chi connectivity index (χ1) is 7.66. The van der Waals surface area contributed by atoms with Crippen LogP contribution in [0.15, 0.2) is 35.5 Å². The molecule has 0 aliphatic rings. The monoisotopic (exact) mass is 233 g/mol. The fraction of sp³-hybridized carbons (Fsp3) is 0.182. The molecule has 0 radical (unpaired) electrons. The van der Waals surface area contributed by atoms with E-state index in [4.69, 9.17) is 0 Å². The second-order valence-corrected chi connectivity index (χ2v) is 4.64. The smallest absolute Gasteiger partial charge is 0.116 e. The number of rotatable bonds is 3. The van der Waals surface area contributed by atoms with Gasteiger partial charge in [0.15, 0.2) is 0 Å². The van der Waals surface area contributed by atoms with E-state index in [1.807, 2.05) is 24.3 Å². The molecule has 1 aromatic carbocycles. The quantitative estimate of drug-likeness (QED) is 0.736. The number of hydrogen-bond donors (Lipinski definition) is 0. The Balaban J connectivity index is 2.29. The predicted octanol–water partition coefficient (Wildman–Crippen LogP) is 0.860. The van der Waals surface area contributed by atoms with E-state index in [9.17, 15) is 9.90 Å². The second-order valence-electron chi connectivity index (χ2n) is 3.28. The molecule has 0 aliphatic carbocycles. The number of hydrogen-bond acceptors (Lipinski definition) is 5. The molecule has 16 heavy (non-hydrogen) atoms. The Hall–Kier alpha value is -1.62. The van der Waals surface area contributed by atoms with Crippen molar-refractivity contribution < 1.29 is 9.90 Å². The summed E-state index contributed by atoms with van der Waals surface area (Å²) in [5, 5.41) is 10.6. The van der Waals surface area contributed by atoms with E-state index in [2.05, 4.69) is 9.97 Å². The van der Waals surface area contributed by atoms with Crippen LogP contribution in [0.3, 0.4) is 0 Å². The number of thioether (sulfide) groups is 1. The topological polar surface area (TPSA) is 65.9 Å².